The van der Waals surface area contributed by atoms with Gasteiger partial charge in [-0.2, -0.15) is 0 Å². The Morgan fingerprint density at radius 1 is 1.33 bits per heavy atom. The van der Waals surface area contributed by atoms with Crippen molar-refractivity contribution in [3.05, 3.63) is 48.0 Å². The summed E-state index contributed by atoms with van der Waals surface area (Å²) in [5.74, 6) is 0.896. The molecule has 4 nitrogen and oxygen atoms in total. The largest absolute Gasteiger partial charge is 0.497 e. The van der Waals surface area contributed by atoms with Crippen molar-refractivity contribution in [2.24, 2.45) is 0 Å². The van der Waals surface area contributed by atoms with Gasteiger partial charge in [0.15, 0.2) is 0 Å². The van der Waals surface area contributed by atoms with Crippen LogP contribution in [-0.4, -0.2) is 16.7 Å². The number of hydrogen-bond donors (Lipinski definition) is 1. The molecule has 0 bridgehead atoms. The molecule has 0 radical (unpaired) electrons. The highest BCUT2D eigenvalue weighted by molar-refractivity contribution is 5.28. The number of aromatic nitrogens is 2. The number of nitrogens with one attached hydrogen (secondary N) is 1. The molecule has 0 unspecified atom stereocenters. The molecule has 2 rings (SSSR count). The van der Waals surface area contributed by atoms with Crippen molar-refractivity contribution in [3.8, 4) is 5.75 Å². The van der Waals surface area contributed by atoms with Crippen molar-refractivity contribution in [2.45, 2.75) is 26.6 Å². The first-order chi connectivity index (χ1) is 8.83. The van der Waals surface area contributed by atoms with Crippen LogP contribution in [0.5, 0.6) is 5.75 Å². The molecule has 0 spiro atoms. The van der Waals surface area contributed by atoms with E-state index >= 15 is 0 Å². The zero-order valence-electron chi connectivity index (χ0n) is 10.9. The number of methoxy groups -OCH3 is 1. The number of nitrogens with zero attached hydrogens (tertiary/aromatic N) is 2. The van der Waals surface area contributed by atoms with E-state index in [0.717, 1.165) is 25.4 Å². The second kappa shape index (κ2) is 6.21. The first kappa shape index (κ1) is 12.6. The summed E-state index contributed by atoms with van der Waals surface area (Å²) in [4.78, 5) is 4.15. The highest BCUT2D eigenvalue weighted by Gasteiger charge is 2.00. The van der Waals surface area contributed by atoms with Crippen molar-refractivity contribution >= 4 is 0 Å². The Morgan fingerprint density at radius 2 is 2.22 bits per heavy atom. The molecule has 1 aromatic heterocycles. The van der Waals surface area contributed by atoms with E-state index in [-0.39, 0.29) is 0 Å². The molecular weight excluding hydrogens is 226 g/mol. The minimum atomic E-state index is 0.824. The lowest BCUT2D eigenvalue weighted by molar-refractivity contribution is 0.414. The monoisotopic (exact) mass is 245 g/mol. The molecule has 2 aromatic rings. The van der Waals surface area contributed by atoms with Gasteiger partial charge in [0.25, 0.3) is 0 Å². The second-order valence-electron chi connectivity index (χ2n) is 4.13. The van der Waals surface area contributed by atoms with Gasteiger partial charge in [0.1, 0.15) is 5.75 Å². The molecular formula is C14H19N3O. The van der Waals surface area contributed by atoms with Crippen molar-refractivity contribution in [2.75, 3.05) is 7.11 Å². The van der Waals surface area contributed by atoms with E-state index in [4.69, 9.17) is 4.74 Å². The third-order valence-electron chi connectivity index (χ3n) is 2.91. The quantitative estimate of drug-likeness (QED) is 0.848. The Labute approximate surface area is 108 Å². The molecule has 96 valence electrons. The maximum atomic E-state index is 5.20. The average molecular weight is 245 g/mol. The normalized spacial score (nSPS) is 10.6. The highest BCUT2D eigenvalue weighted by Crippen LogP contribution is 2.12. The van der Waals surface area contributed by atoms with Crippen molar-refractivity contribution < 1.29 is 4.74 Å². The van der Waals surface area contributed by atoms with Crippen molar-refractivity contribution in [1.82, 2.24) is 14.9 Å². The summed E-state index contributed by atoms with van der Waals surface area (Å²) in [7, 11) is 1.69. The lowest BCUT2D eigenvalue weighted by Gasteiger charge is -2.08. The minimum absolute atomic E-state index is 0.824. The summed E-state index contributed by atoms with van der Waals surface area (Å²) >= 11 is 0. The Morgan fingerprint density at radius 3 is 3.00 bits per heavy atom. The topological polar surface area (TPSA) is 39.1 Å². The number of aryl methyl sites for hydroxylation is 1. The predicted molar refractivity (Wildman–Crippen MR) is 71.4 cm³/mol. The van der Waals surface area contributed by atoms with Crippen LogP contribution in [0.15, 0.2) is 36.8 Å². The van der Waals surface area contributed by atoms with Crippen LogP contribution in [0.25, 0.3) is 0 Å². The number of imidazole rings is 1. The molecule has 0 aliphatic heterocycles. The van der Waals surface area contributed by atoms with Crippen molar-refractivity contribution in [3.63, 3.8) is 0 Å². The minimum Gasteiger partial charge on any atom is -0.497 e. The molecule has 0 atom stereocenters. The lowest BCUT2D eigenvalue weighted by atomic mass is 10.2. The van der Waals surface area contributed by atoms with E-state index in [1.54, 1.807) is 7.11 Å². The Hall–Kier alpha value is -1.81. The Kier molecular flexibility index (Phi) is 4.36. The first-order valence-electron chi connectivity index (χ1n) is 6.16. The van der Waals surface area contributed by atoms with Gasteiger partial charge in [0, 0.05) is 25.8 Å². The smallest absolute Gasteiger partial charge is 0.119 e. The third-order valence-corrected chi connectivity index (χ3v) is 2.91. The van der Waals surface area contributed by atoms with Gasteiger partial charge in [-0.3, -0.25) is 0 Å². The lowest BCUT2D eigenvalue weighted by Crippen LogP contribution is -2.15. The van der Waals surface area contributed by atoms with Gasteiger partial charge in [-0.25, -0.2) is 4.98 Å². The molecule has 1 aromatic carbocycles. The maximum Gasteiger partial charge on any atom is 0.119 e. The van der Waals surface area contributed by atoms with Gasteiger partial charge in [-0.05, 0) is 24.6 Å². The Bertz CT molecular complexity index is 493. The summed E-state index contributed by atoms with van der Waals surface area (Å²) in [5, 5.41) is 3.41. The number of rotatable bonds is 6. The fourth-order valence-electron chi connectivity index (χ4n) is 1.90. The fourth-order valence-corrected chi connectivity index (χ4v) is 1.90. The van der Waals surface area contributed by atoms with Gasteiger partial charge in [-0.15, -0.1) is 0 Å². The van der Waals surface area contributed by atoms with E-state index in [1.807, 2.05) is 30.7 Å². The van der Waals surface area contributed by atoms with Crippen LogP contribution in [0.4, 0.5) is 0 Å². The van der Waals surface area contributed by atoms with E-state index in [2.05, 4.69) is 27.9 Å². The van der Waals surface area contributed by atoms with Gasteiger partial charge in [0.05, 0.1) is 19.1 Å². The Balaban J connectivity index is 1.88. The van der Waals surface area contributed by atoms with Gasteiger partial charge in [-0.1, -0.05) is 12.1 Å². The van der Waals surface area contributed by atoms with Crippen LogP contribution in [0, 0.1) is 0 Å². The van der Waals surface area contributed by atoms with Crippen LogP contribution < -0.4 is 10.1 Å². The number of benzene rings is 1. The molecule has 0 fully saturated rings. The molecule has 18 heavy (non-hydrogen) atoms. The molecule has 1 N–H and O–H groups in total. The molecule has 0 aliphatic rings. The molecule has 4 heteroatoms. The highest BCUT2D eigenvalue weighted by atomic mass is 16.5. The fraction of sp³-hybridized carbons (Fsp3) is 0.357. The third kappa shape index (κ3) is 3.11. The van der Waals surface area contributed by atoms with E-state index in [9.17, 15) is 0 Å². The summed E-state index contributed by atoms with van der Waals surface area (Å²) in [6.45, 7) is 4.72. The molecule has 0 saturated heterocycles. The van der Waals surface area contributed by atoms with Crippen molar-refractivity contribution in [1.29, 1.82) is 0 Å². The molecule has 1 heterocycles. The van der Waals surface area contributed by atoms with E-state index in [0.29, 0.717) is 0 Å². The van der Waals surface area contributed by atoms with Crippen LogP contribution in [0.3, 0.4) is 0 Å². The maximum absolute atomic E-state index is 5.20. The van der Waals surface area contributed by atoms with Crippen LogP contribution in [0.2, 0.25) is 0 Å². The van der Waals surface area contributed by atoms with E-state index < -0.39 is 0 Å². The summed E-state index contributed by atoms with van der Waals surface area (Å²) < 4.78 is 7.34. The second-order valence-corrected chi connectivity index (χ2v) is 4.13. The molecule has 0 amide bonds. The predicted octanol–water partition coefficient (Wildman–Crippen LogP) is 2.20. The van der Waals surface area contributed by atoms with Gasteiger partial charge in [0.2, 0.25) is 0 Å². The van der Waals surface area contributed by atoms with Crippen LogP contribution in [0.1, 0.15) is 18.2 Å². The SMILES string of the molecule is CCn1cncc1CNCc1cccc(OC)c1. The standard InChI is InChI=1S/C14H19N3O/c1-3-17-11-16-10-13(17)9-15-8-12-5-4-6-14(7-12)18-2/h4-7,10-11,15H,3,8-9H2,1-2H3. The zero-order chi connectivity index (χ0) is 12.8. The van der Waals surface area contributed by atoms with Gasteiger partial charge < -0.3 is 14.6 Å². The van der Waals surface area contributed by atoms with Crippen LogP contribution >= 0.6 is 0 Å². The van der Waals surface area contributed by atoms with E-state index in [1.165, 1.54) is 11.3 Å². The number of ether oxygens (including phenoxy) is 1. The summed E-state index contributed by atoms with van der Waals surface area (Å²) in [5.41, 5.74) is 2.43. The molecule has 0 aliphatic carbocycles. The first-order valence-corrected chi connectivity index (χ1v) is 6.16. The van der Waals surface area contributed by atoms with Gasteiger partial charge >= 0.3 is 0 Å². The molecule has 0 saturated carbocycles. The van der Waals surface area contributed by atoms with Crippen LogP contribution in [-0.2, 0) is 19.6 Å². The number of hydrogen-bond acceptors (Lipinski definition) is 3. The summed E-state index contributed by atoms with van der Waals surface area (Å²) in [6, 6.07) is 8.10. The average Bonchev–Trinajstić information content (AvgIpc) is 2.86. The zero-order valence-corrected chi connectivity index (χ0v) is 10.9. The summed E-state index contributed by atoms with van der Waals surface area (Å²) in [6.07, 6.45) is 3.77.